The minimum Gasteiger partial charge on any atom is -0.212 e. The summed E-state index contributed by atoms with van der Waals surface area (Å²) in [6.45, 7) is 0. The number of benzene rings is 1. The van der Waals surface area contributed by atoms with Crippen molar-refractivity contribution in [1.82, 2.24) is 0 Å². The largest absolute Gasteiger partial charge is 0.252 e. The lowest BCUT2D eigenvalue weighted by Crippen LogP contribution is -2.03. The van der Waals surface area contributed by atoms with Crippen LogP contribution in [0, 0.1) is 0 Å². The van der Waals surface area contributed by atoms with Crippen LogP contribution in [0.15, 0.2) is 29.2 Å². The highest BCUT2D eigenvalue weighted by atomic mass is 35.6. The van der Waals surface area contributed by atoms with E-state index in [1.807, 2.05) is 0 Å². The zero-order valence-corrected chi connectivity index (χ0v) is 11.6. The van der Waals surface area contributed by atoms with Crippen molar-refractivity contribution in [3.8, 4) is 0 Å². The summed E-state index contributed by atoms with van der Waals surface area (Å²) in [4.78, 5) is 0.0447. The van der Waals surface area contributed by atoms with Gasteiger partial charge in [-0.15, -0.1) is 0 Å². The molecule has 0 saturated carbocycles. The Labute approximate surface area is 111 Å². The Morgan fingerprint density at radius 2 is 1.53 bits per heavy atom. The standard InChI is InChI=1S/C7H4Cl4O2S2/c8-5-1-3-6(4-2-5)15(12,13)14-7(9,10)11/h1-4H. The van der Waals surface area contributed by atoms with E-state index in [4.69, 9.17) is 46.4 Å². The molecule has 0 aliphatic heterocycles. The van der Waals surface area contributed by atoms with Crippen LogP contribution >= 0.6 is 57.2 Å². The summed E-state index contributed by atoms with van der Waals surface area (Å²) in [5, 5.41) is 0.438. The molecule has 84 valence electrons. The van der Waals surface area contributed by atoms with Gasteiger partial charge in [0.2, 0.25) is 8.87 Å². The highest BCUT2D eigenvalue weighted by Gasteiger charge is 2.30. The third-order valence-electron chi connectivity index (χ3n) is 1.31. The Balaban J connectivity index is 3.02. The molecule has 0 N–H and O–H groups in total. The molecule has 8 heteroatoms. The first-order chi connectivity index (χ1) is 6.71. The molecule has 0 bridgehead atoms. The van der Waals surface area contributed by atoms with Gasteiger partial charge in [-0.1, -0.05) is 46.4 Å². The summed E-state index contributed by atoms with van der Waals surface area (Å²) < 4.78 is 21.3. The van der Waals surface area contributed by atoms with Crippen LogP contribution in [0.3, 0.4) is 0 Å². The first kappa shape index (κ1) is 13.7. The van der Waals surface area contributed by atoms with E-state index in [-0.39, 0.29) is 15.7 Å². The van der Waals surface area contributed by atoms with Crippen molar-refractivity contribution in [3.05, 3.63) is 29.3 Å². The van der Waals surface area contributed by atoms with Crippen LogP contribution in [0.5, 0.6) is 0 Å². The third-order valence-corrected chi connectivity index (χ3v) is 6.32. The average Bonchev–Trinajstić information content (AvgIpc) is 2.00. The summed E-state index contributed by atoms with van der Waals surface area (Å²) in [6, 6.07) is 5.60. The predicted molar refractivity (Wildman–Crippen MR) is 66.5 cm³/mol. The van der Waals surface area contributed by atoms with E-state index in [9.17, 15) is 8.42 Å². The lowest BCUT2D eigenvalue weighted by atomic mass is 10.4. The Hall–Kier alpha value is 0.680. The topological polar surface area (TPSA) is 34.1 Å². The maximum Gasteiger partial charge on any atom is 0.252 e. The van der Waals surface area contributed by atoms with E-state index >= 15 is 0 Å². The molecule has 1 aromatic carbocycles. The molecule has 0 heterocycles. The van der Waals surface area contributed by atoms with Gasteiger partial charge in [-0.25, -0.2) is 8.42 Å². The number of rotatable bonds is 2. The first-order valence-corrected chi connectivity index (χ1v) is 7.81. The normalized spacial score (nSPS) is 12.8. The van der Waals surface area contributed by atoms with Gasteiger partial charge < -0.3 is 0 Å². The average molecular weight is 326 g/mol. The van der Waals surface area contributed by atoms with Gasteiger partial charge in [0.1, 0.15) is 0 Å². The molecule has 0 atom stereocenters. The van der Waals surface area contributed by atoms with E-state index in [1.165, 1.54) is 24.3 Å². The van der Waals surface area contributed by atoms with Crippen molar-refractivity contribution in [2.75, 3.05) is 0 Å². The second kappa shape index (κ2) is 4.90. The zero-order chi connectivity index (χ0) is 11.7. The highest BCUT2D eigenvalue weighted by molar-refractivity contribution is 8.73. The minimum absolute atomic E-state index is 0.0447. The lowest BCUT2D eigenvalue weighted by molar-refractivity contribution is 0.610. The van der Waals surface area contributed by atoms with Gasteiger partial charge in [0.05, 0.1) is 4.90 Å². The molecule has 0 aliphatic rings. The molecular formula is C7H4Cl4O2S2. The Bertz CT molecular complexity index is 435. The van der Waals surface area contributed by atoms with E-state index in [2.05, 4.69) is 0 Å². The second-order valence-electron chi connectivity index (χ2n) is 2.44. The summed E-state index contributed by atoms with van der Waals surface area (Å²) in [5.74, 6) is 0. The van der Waals surface area contributed by atoms with E-state index in [0.717, 1.165) is 0 Å². The second-order valence-corrected chi connectivity index (χ2v) is 9.80. The molecule has 0 saturated heterocycles. The lowest BCUT2D eigenvalue weighted by Gasteiger charge is -2.09. The van der Waals surface area contributed by atoms with Gasteiger partial charge in [0.25, 0.3) is 3.12 Å². The zero-order valence-electron chi connectivity index (χ0n) is 6.95. The van der Waals surface area contributed by atoms with Crippen molar-refractivity contribution in [2.24, 2.45) is 0 Å². The summed E-state index contributed by atoms with van der Waals surface area (Å²) in [5.41, 5.74) is 0. The number of halogens is 4. The SMILES string of the molecule is O=S(=O)(SC(Cl)(Cl)Cl)c1ccc(Cl)cc1. The van der Waals surface area contributed by atoms with Crippen molar-refractivity contribution < 1.29 is 8.42 Å². The van der Waals surface area contributed by atoms with Crippen molar-refractivity contribution in [1.29, 1.82) is 0 Å². The van der Waals surface area contributed by atoms with Gasteiger partial charge >= 0.3 is 0 Å². The van der Waals surface area contributed by atoms with Crippen molar-refractivity contribution in [2.45, 2.75) is 8.02 Å². The van der Waals surface area contributed by atoms with Crippen molar-refractivity contribution >= 4 is 66.1 Å². The van der Waals surface area contributed by atoms with Crippen LogP contribution in [-0.2, 0) is 8.87 Å². The third kappa shape index (κ3) is 4.59. The molecule has 0 aromatic heterocycles. The number of alkyl halides is 3. The summed E-state index contributed by atoms with van der Waals surface area (Å²) in [6.07, 6.45) is 0. The molecule has 0 radical (unpaired) electrons. The monoisotopic (exact) mass is 324 g/mol. The highest BCUT2D eigenvalue weighted by Crippen LogP contribution is 2.44. The Morgan fingerprint density at radius 3 is 1.93 bits per heavy atom. The first-order valence-electron chi connectivity index (χ1n) is 3.49. The van der Waals surface area contributed by atoms with Gasteiger partial charge in [-0.05, 0) is 24.3 Å². The molecule has 0 fully saturated rings. The summed E-state index contributed by atoms with van der Waals surface area (Å²) >= 11 is 21.8. The molecule has 15 heavy (non-hydrogen) atoms. The van der Waals surface area contributed by atoms with Crippen LogP contribution in [-0.4, -0.2) is 11.5 Å². The van der Waals surface area contributed by atoms with Gasteiger partial charge in [0.15, 0.2) is 0 Å². The maximum absolute atomic E-state index is 11.6. The molecule has 0 amide bonds. The fraction of sp³-hybridized carbons (Fsp3) is 0.143. The quantitative estimate of drug-likeness (QED) is 0.606. The molecular weight excluding hydrogens is 322 g/mol. The molecule has 0 spiro atoms. The van der Waals surface area contributed by atoms with Gasteiger partial charge in [-0.3, -0.25) is 0 Å². The molecule has 2 nitrogen and oxygen atoms in total. The molecule has 0 unspecified atom stereocenters. The Morgan fingerprint density at radius 1 is 1.07 bits per heavy atom. The fourth-order valence-electron chi connectivity index (χ4n) is 0.774. The molecule has 1 rings (SSSR count). The summed E-state index contributed by atoms with van der Waals surface area (Å²) in [7, 11) is -3.43. The van der Waals surface area contributed by atoms with Crippen LogP contribution in [0.1, 0.15) is 0 Å². The number of hydrogen-bond acceptors (Lipinski definition) is 3. The van der Waals surface area contributed by atoms with Gasteiger partial charge in [0, 0.05) is 15.8 Å². The Kier molecular flexibility index (Phi) is 4.49. The van der Waals surface area contributed by atoms with E-state index < -0.39 is 12.0 Å². The van der Waals surface area contributed by atoms with E-state index in [1.54, 1.807) is 0 Å². The van der Waals surface area contributed by atoms with Crippen molar-refractivity contribution in [3.63, 3.8) is 0 Å². The predicted octanol–water partition coefficient (Wildman–Crippen LogP) is 4.09. The van der Waals surface area contributed by atoms with Crippen LogP contribution in [0.2, 0.25) is 5.02 Å². The van der Waals surface area contributed by atoms with Crippen LogP contribution in [0.4, 0.5) is 0 Å². The maximum atomic E-state index is 11.6. The van der Waals surface area contributed by atoms with E-state index in [0.29, 0.717) is 5.02 Å². The fourth-order valence-corrected chi connectivity index (χ4v) is 5.32. The van der Waals surface area contributed by atoms with Crippen LogP contribution < -0.4 is 0 Å². The minimum atomic E-state index is -3.67. The smallest absolute Gasteiger partial charge is 0.212 e. The molecule has 0 aliphatic carbocycles. The van der Waals surface area contributed by atoms with Gasteiger partial charge in [-0.2, -0.15) is 0 Å². The van der Waals surface area contributed by atoms with Crippen LogP contribution in [0.25, 0.3) is 0 Å². The number of hydrogen-bond donors (Lipinski definition) is 0. The molecule has 1 aromatic rings.